The quantitative estimate of drug-likeness (QED) is 0.847. The van der Waals surface area contributed by atoms with Crippen LogP contribution in [0.3, 0.4) is 0 Å². The summed E-state index contributed by atoms with van der Waals surface area (Å²) >= 11 is 0. The van der Waals surface area contributed by atoms with Gasteiger partial charge in [-0.3, -0.25) is 0 Å². The van der Waals surface area contributed by atoms with Gasteiger partial charge in [0.05, 0.1) is 0 Å². The lowest BCUT2D eigenvalue weighted by atomic mass is 9.74. The molecule has 0 aliphatic heterocycles. The van der Waals surface area contributed by atoms with Gasteiger partial charge in [0.1, 0.15) is 11.3 Å². The van der Waals surface area contributed by atoms with Gasteiger partial charge in [-0.1, -0.05) is 48.5 Å². The summed E-state index contributed by atoms with van der Waals surface area (Å²) in [5.41, 5.74) is 2.71. The molecule has 0 fully saturated rings. The maximum atomic E-state index is 11.4. The van der Waals surface area contributed by atoms with Crippen LogP contribution >= 0.6 is 0 Å². The fourth-order valence-electron chi connectivity index (χ4n) is 2.73. The molecular weight excluding hydrogens is 252 g/mol. The predicted octanol–water partition coefficient (Wildman–Crippen LogP) is 4.63. The minimum atomic E-state index is -1.08. The molecule has 20 heavy (non-hydrogen) atoms. The van der Waals surface area contributed by atoms with Gasteiger partial charge in [0.25, 0.3) is 0 Å². The molecule has 0 saturated heterocycles. The second-order valence-electron chi connectivity index (χ2n) is 7.02. The Balaban J connectivity index is 3.89. The average Bonchev–Trinajstić information content (AvgIpc) is 2.25. The zero-order valence-corrected chi connectivity index (χ0v) is 13.5. The van der Waals surface area contributed by atoms with Crippen LogP contribution in [-0.2, 0) is 5.41 Å². The SMILES string of the molecule is CC(C)c1cc(C(=O)O)c(O)c(C(C)C)c1C(C)(C)C. The molecular formula is C17H26O3. The third kappa shape index (κ3) is 2.97. The molecule has 2 N–H and O–H groups in total. The first kappa shape index (κ1) is 16.5. The van der Waals surface area contributed by atoms with Crippen molar-refractivity contribution < 1.29 is 15.0 Å². The van der Waals surface area contributed by atoms with Crippen LogP contribution in [0.25, 0.3) is 0 Å². The highest BCUT2D eigenvalue weighted by molar-refractivity contribution is 5.92. The van der Waals surface area contributed by atoms with E-state index in [-0.39, 0.29) is 28.6 Å². The molecule has 0 spiro atoms. The van der Waals surface area contributed by atoms with Crippen LogP contribution in [-0.4, -0.2) is 16.2 Å². The van der Waals surface area contributed by atoms with Gasteiger partial charge >= 0.3 is 5.97 Å². The molecule has 0 radical (unpaired) electrons. The number of rotatable bonds is 3. The smallest absolute Gasteiger partial charge is 0.339 e. The van der Waals surface area contributed by atoms with Gasteiger partial charge in [0.2, 0.25) is 0 Å². The Morgan fingerprint density at radius 1 is 1.10 bits per heavy atom. The molecule has 0 amide bonds. The highest BCUT2D eigenvalue weighted by Crippen LogP contribution is 2.43. The molecule has 0 heterocycles. The Morgan fingerprint density at radius 2 is 1.60 bits per heavy atom. The molecule has 1 aromatic carbocycles. The molecule has 0 aliphatic rings. The van der Waals surface area contributed by atoms with Crippen LogP contribution in [0.15, 0.2) is 6.07 Å². The number of benzene rings is 1. The fourth-order valence-corrected chi connectivity index (χ4v) is 2.73. The second-order valence-corrected chi connectivity index (χ2v) is 7.02. The van der Waals surface area contributed by atoms with Gasteiger partial charge in [-0.2, -0.15) is 0 Å². The van der Waals surface area contributed by atoms with Crippen molar-refractivity contribution in [2.45, 2.75) is 65.7 Å². The van der Waals surface area contributed by atoms with Gasteiger partial charge in [0.15, 0.2) is 0 Å². The summed E-state index contributed by atoms with van der Waals surface area (Å²) in [7, 11) is 0. The zero-order valence-electron chi connectivity index (χ0n) is 13.5. The topological polar surface area (TPSA) is 57.5 Å². The Kier molecular flexibility index (Phi) is 4.52. The van der Waals surface area contributed by atoms with Crippen molar-refractivity contribution in [2.24, 2.45) is 0 Å². The lowest BCUT2D eigenvalue weighted by molar-refractivity contribution is 0.0693. The van der Waals surface area contributed by atoms with E-state index in [4.69, 9.17) is 0 Å². The van der Waals surface area contributed by atoms with E-state index in [1.807, 2.05) is 13.8 Å². The summed E-state index contributed by atoms with van der Waals surface area (Å²) < 4.78 is 0. The van der Waals surface area contributed by atoms with E-state index in [0.717, 1.165) is 16.7 Å². The van der Waals surface area contributed by atoms with Gasteiger partial charge in [-0.25, -0.2) is 4.79 Å². The predicted molar refractivity (Wildman–Crippen MR) is 81.9 cm³/mol. The second kappa shape index (κ2) is 5.47. The third-order valence-corrected chi connectivity index (χ3v) is 3.55. The van der Waals surface area contributed by atoms with Crippen molar-refractivity contribution in [3.63, 3.8) is 0 Å². The van der Waals surface area contributed by atoms with E-state index in [1.54, 1.807) is 6.07 Å². The number of hydrogen-bond acceptors (Lipinski definition) is 2. The van der Waals surface area contributed by atoms with Gasteiger partial charge in [0, 0.05) is 5.56 Å². The first-order valence-corrected chi connectivity index (χ1v) is 7.12. The van der Waals surface area contributed by atoms with E-state index in [1.165, 1.54) is 0 Å². The van der Waals surface area contributed by atoms with E-state index >= 15 is 0 Å². The Labute approximate surface area is 121 Å². The van der Waals surface area contributed by atoms with Crippen LogP contribution in [0.2, 0.25) is 0 Å². The van der Waals surface area contributed by atoms with E-state index in [0.29, 0.717) is 0 Å². The van der Waals surface area contributed by atoms with Crippen LogP contribution in [0.5, 0.6) is 5.75 Å². The largest absolute Gasteiger partial charge is 0.507 e. The van der Waals surface area contributed by atoms with Gasteiger partial charge < -0.3 is 10.2 Å². The van der Waals surface area contributed by atoms with Crippen molar-refractivity contribution in [1.82, 2.24) is 0 Å². The molecule has 0 unspecified atom stereocenters. The number of aromatic hydroxyl groups is 1. The maximum Gasteiger partial charge on any atom is 0.339 e. The summed E-state index contributed by atoms with van der Waals surface area (Å²) in [5, 5.41) is 19.7. The summed E-state index contributed by atoms with van der Waals surface area (Å²) in [5.74, 6) is -0.880. The van der Waals surface area contributed by atoms with Crippen molar-refractivity contribution in [2.75, 3.05) is 0 Å². The van der Waals surface area contributed by atoms with Gasteiger partial charge in [-0.05, 0) is 34.4 Å². The Morgan fingerprint density at radius 3 is 1.90 bits per heavy atom. The normalized spacial score (nSPS) is 12.2. The highest BCUT2D eigenvalue weighted by atomic mass is 16.4. The fraction of sp³-hybridized carbons (Fsp3) is 0.588. The minimum Gasteiger partial charge on any atom is -0.507 e. The summed E-state index contributed by atoms with van der Waals surface area (Å²) in [6, 6.07) is 1.63. The lowest BCUT2D eigenvalue weighted by Crippen LogP contribution is -2.20. The molecule has 1 aromatic rings. The monoisotopic (exact) mass is 278 g/mol. The molecule has 0 saturated carbocycles. The Hall–Kier alpha value is -1.51. The van der Waals surface area contributed by atoms with Crippen molar-refractivity contribution in [1.29, 1.82) is 0 Å². The number of phenols is 1. The summed E-state index contributed by atoms with van der Waals surface area (Å²) in [6.07, 6.45) is 0. The van der Waals surface area contributed by atoms with Crippen molar-refractivity contribution >= 4 is 5.97 Å². The standard InChI is InChI=1S/C17H26O3/c1-9(2)11-8-12(16(19)20)15(18)13(10(3)4)14(11)17(5,6)7/h8-10,18H,1-7H3,(H,19,20). The van der Waals surface area contributed by atoms with Crippen LogP contribution in [0, 0.1) is 0 Å². The van der Waals surface area contributed by atoms with Crippen molar-refractivity contribution in [3.8, 4) is 5.75 Å². The number of hydrogen-bond donors (Lipinski definition) is 2. The summed E-state index contributed by atoms with van der Waals surface area (Å²) in [6.45, 7) is 14.4. The number of carbonyl (C=O) groups is 1. The molecule has 0 bridgehead atoms. The number of aromatic carboxylic acids is 1. The molecule has 112 valence electrons. The van der Waals surface area contributed by atoms with Crippen molar-refractivity contribution in [3.05, 3.63) is 28.3 Å². The molecule has 3 heteroatoms. The Bertz CT molecular complexity index is 520. The van der Waals surface area contributed by atoms with Crippen LogP contribution in [0.1, 0.15) is 87.4 Å². The zero-order chi connectivity index (χ0) is 15.8. The first-order chi connectivity index (χ1) is 8.98. The maximum absolute atomic E-state index is 11.4. The van der Waals surface area contributed by atoms with E-state index in [9.17, 15) is 15.0 Å². The molecule has 0 aromatic heterocycles. The lowest BCUT2D eigenvalue weighted by Gasteiger charge is -2.31. The molecule has 1 rings (SSSR count). The highest BCUT2D eigenvalue weighted by Gasteiger charge is 2.30. The molecule has 3 nitrogen and oxygen atoms in total. The average molecular weight is 278 g/mol. The number of carboxylic acids is 1. The molecule has 0 atom stereocenters. The minimum absolute atomic E-state index is 0.00500. The van der Waals surface area contributed by atoms with E-state index in [2.05, 4.69) is 34.6 Å². The van der Waals surface area contributed by atoms with Crippen LogP contribution in [0.4, 0.5) is 0 Å². The summed E-state index contributed by atoms with van der Waals surface area (Å²) in [4.78, 5) is 11.4. The third-order valence-electron chi connectivity index (χ3n) is 3.55. The molecule has 0 aliphatic carbocycles. The van der Waals surface area contributed by atoms with E-state index < -0.39 is 5.97 Å². The van der Waals surface area contributed by atoms with Crippen LogP contribution < -0.4 is 0 Å². The number of carboxylic acid groups (broad SMARTS) is 1. The van der Waals surface area contributed by atoms with Gasteiger partial charge in [-0.15, -0.1) is 0 Å². The first-order valence-electron chi connectivity index (χ1n) is 7.12.